The second-order valence-electron chi connectivity index (χ2n) is 8.68. The van der Waals surface area contributed by atoms with Crippen LogP contribution in [0.4, 0.5) is 0 Å². The van der Waals surface area contributed by atoms with E-state index in [1.807, 2.05) is 31.2 Å². The van der Waals surface area contributed by atoms with Crippen LogP contribution in [0.15, 0.2) is 65.9 Å². The number of halogens is 1. The first-order valence-electron chi connectivity index (χ1n) is 11.3. The molecule has 0 radical (unpaired) electrons. The number of benzene rings is 2. The fourth-order valence-corrected chi connectivity index (χ4v) is 4.95. The van der Waals surface area contributed by atoms with Crippen LogP contribution in [0.3, 0.4) is 0 Å². The molecular formula is C27H30ClN3O. The van der Waals surface area contributed by atoms with Gasteiger partial charge in [-0.15, -0.1) is 0 Å². The Bertz CT molecular complexity index is 1090. The zero-order valence-corrected chi connectivity index (χ0v) is 19.4. The lowest BCUT2D eigenvalue weighted by Crippen LogP contribution is -2.26. The van der Waals surface area contributed by atoms with E-state index in [1.165, 1.54) is 29.5 Å². The first kappa shape index (κ1) is 22.5. The fraction of sp³-hybridized carbons (Fsp3) is 0.333. The van der Waals surface area contributed by atoms with Crippen molar-refractivity contribution in [2.24, 2.45) is 5.16 Å². The number of aryl methyl sites for hydroxylation is 2. The Morgan fingerprint density at radius 1 is 1.09 bits per heavy atom. The van der Waals surface area contributed by atoms with Gasteiger partial charge in [-0.25, -0.2) is 0 Å². The van der Waals surface area contributed by atoms with E-state index in [9.17, 15) is 5.21 Å². The van der Waals surface area contributed by atoms with Gasteiger partial charge in [0, 0.05) is 34.8 Å². The number of hydrogen-bond acceptors (Lipinski definition) is 4. The lowest BCUT2D eigenvalue weighted by Gasteiger charge is -2.25. The van der Waals surface area contributed by atoms with Crippen molar-refractivity contribution in [3.8, 4) is 0 Å². The minimum absolute atomic E-state index is 0.0497. The Morgan fingerprint density at radius 2 is 1.84 bits per heavy atom. The SMILES string of the molecule is Cc1cc(/C(C[C@H](c2ccc(C3CCNCC3)cc2)c2ccc(Cl)cc2C)=N\O)ccn1. The summed E-state index contributed by atoms with van der Waals surface area (Å²) in [6.45, 7) is 6.20. The van der Waals surface area contributed by atoms with Gasteiger partial charge in [0.15, 0.2) is 0 Å². The molecule has 32 heavy (non-hydrogen) atoms. The number of pyridine rings is 1. The van der Waals surface area contributed by atoms with Crippen LogP contribution in [0.5, 0.6) is 0 Å². The van der Waals surface area contributed by atoms with Crippen LogP contribution in [-0.4, -0.2) is 29.0 Å². The van der Waals surface area contributed by atoms with Gasteiger partial charge in [-0.2, -0.15) is 0 Å². The van der Waals surface area contributed by atoms with Crippen LogP contribution < -0.4 is 5.32 Å². The van der Waals surface area contributed by atoms with Crippen molar-refractivity contribution in [3.63, 3.8) is 0 Å². The van der Waals surface area contributed by atoms with Gasteiger partial charge in [0.25, 0.3) is 0 Å². The molecular weight excluding hydrogens is 418 g/mol. The number of piperidine rings is 1. The molecule has 0 unspecified atom stereocenters. The molecule has 0 bridgehead atoms. The predicted molar refractivity (Wildman–Crippen MR) is 131 cm³/mol. The quantitative estimate of drug-likeness (QED) is 0.268. The Morgan fingerprint density at radius 3 is 2.50 bits per heavy atom. The summed E-state index contributed by atoms with van der Waals surface area (Å²) in [7, 11) is 0. The molecule has 1 aliphatic heterocycles. The monoisotopic (exact) mass is 447 g/mol. The highest BCUT2D eigenvalue weighted by Crippen LogP contribution is 2.34. The third-order valence-corrected chi connectivity index (χ3v) is 6.74. The maximum Gasteiger partial charge on any atom is 0.0878 e. The maximum absolute atomic E-state index is 9.88. The van der Waals surface area contributed by atoms with E-state index < -0.39 is 0 Å². The highest BCUT2D eigenvalue weighted by atomic mass is 35.5. The largest absolute Gasteiger partial charge is 0.411 e. The average molecular weight is 448 g/mol. The zero-order valence-electron chi connectivity index (χ0n) is 18.7. The van der Waals surface area contributed by atoms with E-state index in [2.05, 4.69) is 52.7 Å². The molecule has 0 aliphatic carbocycles. The summed E-state index contributed by atoms with van der Waals surface area (Å²) >= 11 is 6.24. The predicted octanol–water partition coefficient (Wildman–Crippen LogP) is 6.22. The molecule has 4 rings (SSSR count). The van der Waals surface area contributed by atoms with Crippen molar-refractivity contribution in [2.45, 2.75) is 44.9 Å². The summed E-state index contributed by atoms with van der Waals surface area (Å²) in [5.41, 5.74) is 7.38. The molecule has 166 valence electrons. The van der Waals surface area contributed by atoms with Crippen molar-refractivity contribution in [1.29, 1.82) is 0 Å². The van der Waals surface area contributed by atoms with Crippen LogP contribution >= 0.6 is 11.6 Å². The van der Waals surface area contributed by atoms with Crippen LogP contribution in [-0.2, 0) is 0 Å². The van der Waals surface area contributed by atoms with Gasteiger partial charge in [0.1, 0.15) is 0 Å². The lowest BCUT2D eigenvalue weighted by atomic mass is 9.82. The van der Waals surface area contributed by atoms with Gasteiger partial charge >= 0.3 is 0 Å². The van der Waals surface area contributed by atoms with Gasteiger partial charge in [0.2, 0.25) is 0 Å². The summed E-state index contributed by atoms with van der Waals surface area (Å²) < 4.78 is 0. The maximum atomic E-state index is 9.88. The van der Waals surface area contributed by atoms with Crippen LogP contribution in [0.1, 0.15) is 64.6 Å². The molecule has 2 aromatic carbocycles. The minimum atomic E-state index is 0.0497. The Hall–Kier alpha value is -2.69. The summed E-state index contributed by atoms with van der Waals surface area (Å²) in [6.07, 6.45) is 4.70. The van der Waals surface area contributed by atoms with E-state index in [1.54, 1.807) is 6.20 Å². The molecule has 0 saturated carbocycles. The second kappa shape index (κ2) is 10.3. The Kier molecular flexibility index (Phi) is 7.23. The second-order valence-corrected chi connectivity index (χ2v) is 9.12. The Balaban J connectivity index is 1.69. The first-order valence-corrected chi connectivity index (χ1v) is 11.6. The lowest BCUT2D eigenvalue weighted by molar-refractivity contribution is 0.317. The van der Waals surface area contributed by atoms with E-state index >= 15 is 0 Å². The topological polar surface area (TPSA) is 57.5 Å². The number of rotatable bonds is 6. The molecule has 2 N–H and O–H groups in total. The van der Waals surface area contributed by atoms with E-state index in [-0.39, 0.29) is 5.92 Å². The molecule has 5 heteroatoms. The normalized spacial score (nSPS) is 16.2. The smallest absolute Gasteiger partial charge is 0.0878 e. The van der Waals surface area contributed by atoms with Gasteiger partial charge in [-0.3, -0.25) is 4.98 Å². The summed E-state index contributed by atoms with van der Waals surface area (Å²) in [6, 6.07) is 18.9. The number of nitrogens with one attached hydrogen (secondary N) is 1. The van der Waals surface area contributed by atoms with Crippen molar-refractivity contribution in [3.05, 3.63) is 99.3 Å². The van der Waals surface area contributed by atoms with Crippen LogP contribution in [0.2, 0.25) is 5.02 Å². The van der Waals surface area contributed by atoms with Gasteiger partial charge in [-0.1, -0.05) is 47.1 Å². The highest BCUT2D eigenvalue weighted by molar-refractivity contribution is 6.30. The van der Waals surface area contributed by atoms with Crippen LogP contribution in [0.25, 0.3) is 0 Å². The summed E-state index contributed by atoms with van der Waals surface area (Å²) in [5.74, 6) is 0.670. The summed E-state index contributed by atoms with van der Waals surface area (Å²) in [4.78, 5) is 4.27. The van der Waals surface area contributed by atoms with Crippen molar-refractivity contribution in [1.82, 2.24) is 10.3 Å². The molecule has 0 amide bonds. The molecule has 4 nitrogen and oxygen atoms in total. The van der Waals surface area contributed by atoms with Crippen molar-refractivity contribution >= 4 is 17.3 Å². The van der Waals surface area contributed by atoms with Gasteiger partial charge in [-0.05, 0) is 92.2 Å². The molecule has 1 saturated heterocycles. The molecule has 1 fully saturated rings. The van der Waals surface area contributed by atoms with Crippen molar-refractivity contribution < 1.29 is 5.21 Å². The number of aromatic nitrogens is 1. The van der Waals surface area contributed by atoms with E-state index in [0.29, 0.717) is 18.1 Å². The third kappa shape index (κ3) is 5.20. The average Bonchev–Trinajstić information content (AvgIpc) is 2.81. The zero-order chi connectivity index (χ0) is 22.5. The van der Waals surface area contributed by atoms with Crippen molar-refractivity contribution in [2.75, 3.05) is 13.1 Å². The fourth-order valence-electron chi connectivity index (χ4n) is 4.73. The van der Waals surface area contributed by atoms with Gasteiger partial charge < -0.3 is 10.5 Å². The third-order valence-electron chi connectivity index (χ3n) is 6.50. The van der Waals surface area contributed by atoms with E-state index in [0.717, 1.165) is 34.9 Å². The summed E-state index contributed by atoms with van der Waals surface area (Å²) in [5, 5.41) is 17.7. The number of nitrogens with zero attached hydrogens (tertiary/aromatic N) is 2. The molecule has 1 aromatic heterocycles. The number of hydrogen-bond donors (Lipinski definition) is 2. The molecule has 2 heterocycles. The Labute approximate surface area is 195 Å². The number of oxime groups is 1. The molecule has 1 aliphatic rings. The highest BCUT2D eigenvalue weighted by Gasteiger charge is 2.22. The molecule has 1 atom stereocenters. The van der Waals surface area contributed by atoms with Gasteiger partial charge in [0.05, 0.1) is 5.71 Å². The van der Waals surface area contributed by atoms with E-state index in [4.69, 9.17) is 11.6 Å². The molecule has 0 spiro atoms. The van der Waals surface area contributed by atoms with Crippen LogP contribution in [0, 0.1) is 13.8 Å². The molecule has 3 aromatic rings. The minimum Gasteiger partial charge on any atom is -0.411 e. The standard InChI is InChI=1S/C27H30ClN3O/c1-18-15-24(28)7-8-25(18)26(17-27(31-32)23-11-14-30-19(2)16-23)22-5-3-20(4-6-22)21-9-12-29-13-10-21/h3-8,11,14-16,21,26,29,32H,9-10,12-13,17H2,1-2H3/b31-27-/t26-/m1/s1. The first-order chi connectivity index (χ1) is 15.5.